The number of hydrogen-bond acceptors (Lipinski definition) is 4. The van der Waals surface area contributed by atoms with Crippen molar-refractivity contribution in [3.8, 4) is 6.01 Å². The third-order valence-electron chi connectivity index (χ3n) is 6.54. The first-order valence-corrected chi connectivity index (χ1v) is 11.4. The SMILES string of the molecule is CN(c1ccccc1C1CCCCC1)c1nc(OC2CCCCC2)ncc1C(F)(F)F. The summed E-state index contributed by atoms with van der Waals surface area (Å²) in [5, 5.41) is 0. The molecule has 4 nitrogen and oxygen atoms in total. The van der Waals surface area contributed by atoms with E-state index in [-0.39, 0.29) is 17.9 Å². The molecule has 4 rings (SSSR count). The van der Waals surface area contributed by atoms with Gasteiger partial charge in [0.2, 0.25) is 0 Å². The average molecular weight is 434 g/mol. The number of aromatic nitrogens is 2. The maximum absolute atomic E-state index is 13.8. The Morgan fingerprint density at radius 1 is 0.935 bits per heavy atom. The fourth-order valence-corrected chi connectivity index (χ4v) is 4.87. The fraction of sp³-hybridized carbons (Fsp3) is 0.583. The van der Waals surface area contributed by atoms with Crippen LogP contribution in [-0.4, -0.2) is 23.1 Å². The lowest BCUT2D eigenvalue weighted by Crippen LogP contribution is -2.24. The molecule has 1 aromatic heterocycles. The molecule has 0 unspecified atom stereocenters. The highest BCUT2D eigenvalue weighted by atomic mass is 19.4. The Hall–Kier alpha value is -2.31. The second kappa shape index (κ2) is 9.45. The van der Waals surface area contributed by atoms with Crippen molar-refractivity contribution in [2.45, 2.75) is 82.4 Å². The molecular weight excluding hydrogens is 403 g/mol. The van der Waals surface area contributed by atoms with Gasteiger partial charge in [0.05, 0.1) is 0 Å². The van der Waals surface area contributed by atoms with Gasteiger partial charge in [0.25, 0.3) is 0 Å². The summed E-state index contributed by atoms with van der Waals surface area (Å²) in [4.78, 5) is 9.73. The van der Waals surface area contributed by atoms with Gasteiger partial charge in [-0.2, -0.15) is 18.2 Å². The number of rotatable bonds is 5. The summed E-state index contributed by atoms with van der Waals surface area (Å²) in [5.74, 6) is 0.207. The third kappa shape index (κ3) is 5.13. The molecule has 1 aromatic carbocycles. The van der Waals surface area contributed by atoms with Crippen molar-refractivity contribution in [2.24, 2.45) is 0 Å². The van der Waals surface area contributed by atoms with Crippen LogP contribution in [0.25, 0.3) is 0 Å². The van der Waals surface area contributed by atoms with E-state index in [1.807, 2.05) is 24.3 Å². The van der Waals surface area contributed by atoms with Crippen molar-refractivity contribution < 1.29 is 17.9 Å². The first-order valence-electron chi connectivity index (χ1n) is 11.4. The number of benzene rings is 1. The van der Waals surface area contributed by atoms with E-state index in [0.717, 1.165) is 68.8 Å². The van der Waals surface area contributed by atoms with Crippen molar-refractivity contribution in [3.63, 3.8) is 0 Å². The molecule has 2 saturated carbocycles. The maximum Gasteiger partial charge on any atom is 0.421 e. The molecular formula is C24H30F3N3O. The van der Waals surface area contributed by atoms with Gasteiger partial charge in [0.1, 0.15) is 11.7 Å². The Bertz CT molecular complexity index is 875. The lowest BCUT2D eigenvalue weighted by Gasteiger charge is -2.29. The number of nitrogens with zero attached hydrogens (tertiary/aromatic N) is 3. The van der Waals surface area contributed by atoms with Gasteiger partial charge in [-0.1, -0.05) is 43.9 Å². The van der Waals surface area contributed by atoms with Gasteiger partial charge >= 0.3 is 12.2 Å². The molecule has 2 fully saturated rings. The minimum absolute atomic E-state index is 0.0249. The van der Waals surface area contributed by atoms with E-state index in [1.165, 1.54) is 12.8 Å². The summed E-state index contributed by atoms with van der Waals surface area (Å²) < 4.78 is 47.3. The molecule has 0 amide bonds. The summed E-state index contributed by atoms with van der Waals surface area (Å²) in [7, 11) is 1.66. The van der Waals surface area contributed by atoms with Crippen LogP contribution in [0.4, 0.5) is 24.7 Å². The molecule has 31 heavy (non-hydrogen) atoms. The standard InChI is InChI=1S/C24H30F3N3O/c1-30(21-15-9-8-14-19(21)17-10-4-2-5-11-17)22-20(24(25,26)27)16-28-23(29-22)31-18-12-6-3-7-13-18/h8-9,14-18H,2-7,10-13H2,1H3. The van der Waals surface area contributed by atoms with Gasteiger partial charge in [0.15, 0.2) is 5.82 Å². The zero-order valence-electron chi connectivity index (χ0n) is 18.0. The van der Waals surface area contributed by atoms with Crippen LogP contribution >= 0.6 is 0 Å². The zero-order valence-corrected chi connectivity index (χ0v) is 18.0. The van der Waals surface area contributed by atoms with Crippen molar-refractivity contribution in [2.75, 3.05) is 11.9 Å². The Labute approximate surface area is 181 Å². The lowest BCUT2D eigenvalue weighted by atomic mass is 9.83. The Morgan fingerprint density at radius 2 is 1.58 bits per heavy atom. The van der Waals surface area contributed by atoms with Crippen LogP contribution in [0.3, 0.4) is 0 Å². The summed E-state index contributed by atoms with van der Waals surface area (Å²) in [6.45, 7) is 0. The Kier molecular flexibility index (Phi) is 6.68. The number of alkyl halides is 3. The summed E-state index contributed by atoms with van der Waals surface area (Å²) >= 11 is 0. The summed E-state index contributed by atoms with van der Waals surface area (Å²) in [6.07, 6.45) is 7.02. The number of ether oxygens (including phenoxy) is 1. The van der Waals surface area contributed by atoms with Gasteiger partial charge in [0, 0.05) is 18.9 Å². The molecule has 2 aliphatic carbocycles. The fourth-order valence-electron chi connectivity index (χ4n) is 4.87. The monoisotopic (exact) mass is 433 g/mol. The largest absolute Gasteiger partial charge is 0.460 e. The van der Waals surface area contributed by atoms with Crippen LogP contribution in [0.2, 0.25) is 0 Å². The highest BCUT2D eigenvalue weighted by molar-refractivity contribution is 5.66. The van der Waals surface area contributed by atoms with E-state index in [9.17, 15) is 13.2 Å². The van der Waals surface area contributed by atoms with E-state index in [4.69, 9.17) is 4.74 Å². The molecule has 0 radical (unpaired) electrons. The van der Waals surface area contributed by atoms with Crippen LogP contribution in [-0.2, 0) is 6.18 Å². The highest BCUT2D eigenvalue weighted by Gasteiger charge is 2.37. The number of halogens is 3. The van der Waals surface area contributed by atoms with E-state index in [2.05, 4.69) is 9.97 Å². The van der Waals surface area contributed by atoms with E-state index in [0.29, 0.717) is 5.92 Å². The molecule has 2 aliphatic rings. The summed E-state index contributed by atoms with van der Waals surface area (Å²) in [6, 6.07) is 7.77. The van der Waals surface area contributed by atoms with Gasteiger partial charge < -0.3 is 9.64 Å². The highest BCUT2D eigenvalue weighted by Crippen LogP contribution is 2.42. The predicted octanol–water partition coefficient (Wildman–Crippen LogP) is 7.02. The normalized spacial score (nSPS) is 18.7. The number of hydrogen-bond donors (Lipinski definition) is 0. The molecule has 0 saturated heterocycles. The molecule has 0 aliphatic heterocycles. The van der Waals surface area contributed by atoms with Gasteiger partial charge in [-0.25, -0.2) is 4.98 Å². The Morgan fingerprint density at radius 3 is 2.26 bits per heavy atom. The molecule has 0 atom stereocenters. The zero-order chi connectivity index (χ0) is 21.8. The van der Waals surface area contributed by atoms with E-state index in [1.54, 1.807) is 11.9 Å². The average Bonchev–Trinajstić information content (AvgIpc) is 2.79. The molecule has 0 N–H and O–H groups in total. The van der Waals surface area contributed by atoms with E-state index < -0.39 is 11.7 Å². The number of anilines is 2. The minimum Gasteiger partial charge on any atom is -0.460 e. The third-order valence-corrected chi connectivity index (χ3v) is 6.54. The molecule has 1 heterocycles. The summed E-state index contributed by atoms with van der Waals surface area (Å²) in [5.41, 5.74) is 1.01. The Balaban J connectivity index is 1.69. The van der Waals surface area contributed by atoms with Gasteiger partial charge in [-0.3, -0.25) is 0 Å². The second-order valence-electron chi connectivity index (χ2n) is 8.72. The van der Waals surface area contributed by atoms with Crippen LogP contribution in [0.1, 0.15) is 81.3 Å². The second-order valence-corrected chi connectivity index (χ2v) is 8.72. The van der Waals surface area contributed by atoms with Crippen molar-refractivity contribution in [1.82, 2.24) is 9.97 Å². The van der Waals surface area contributed by atoms with Crippen LogP contribution in [0.5, 0.6) is 6.01 Å². The van der Waals surface area contributed by atoms with Crippen LogP contribution in [0, 0.1) is 0 Å². The predicted molar refractivity (Wildman–Crippen MR) is 115 cm³/mol. The molecule has 2 aromatic rings. The first kappa shape index (κ1) is 21.9. The van der Waals surface area contributed by atoms with Crippen molar-refractivity contribution in [3.05, 3.63) is 41.6 Å². The van der Waals surface area contributed by atoms with Crippen LogP contribution in [0.15, 0.2) is 30.5 Å². The quantitative estimate of drug-likeness (QED) is 0.508. The van der Waals surface area contributed by atoms with Crippen LogP contribution < -0.4 is 9.64 Å². The minimum atomic E-state index is -4.55. The van der Waals surface area contributed by atoms with E-state index >= 15 is 0 Å². The smallest absolute Gasteiger partial charge is 0.421 e. The molecule has 168 valence electrons. The lowest BCUT2D eigenvalue weighted by molar-refractivity contribution is -0.137. The molecule has 7 heteroatoms. The first-order chi connectivity index (χ1) is 14.9. The molecule has 0 spiro atoms. The van der Waals surface area contributed by atoms with Crippen molar-refractivity contribution in [1.29, 1.82) is 0 Å². The van der Waals surface area contributed by atoms with Gasteiger partial charge in [-0.05, 0) is 56.1 Å². The maximum atomic E-state index is 13.8. The molecule has 0 bridgehead atoms. The van der Waals surface area contributed by atoms with Gasteiger partial charge in [-0.15, -0.1) is 0 Å². The van der Waals surface area contributed by atoms with Crippen molar-refractivity contribution >= 4 is 11.5 Å². The number of para-hydroxylation sites is 1. The topological polar surface area (TPSA) is 38.2 Å².